The zero-order chi connectivity index (χ0) is 11.4. The topological polar surface area (TPSA) is 53.7 Å². The van der Waals surface area contributed by atoms with E-state index in [0.29, 0.717) is 25.4 Å². The summed E-state index contributed by atoms with van der Waals surface area (Å²) in [5, 5.41) is 0. The van der Waals surface area contributed by atoms with Gasteiger partial charge < -0.3 is 19.9 Å². The molecule has 4 heteroatoms. The van der Waals surface area contributed by atoms with Crippen molar-refractivity contribution in [1.82, 2.24) is 0 Å². The van der Waals surface area contributed by atoms with Crippen LogP contribution in [0.5, 0.6) is 0 Å². The molecule has 0 spiro atoms. The lowest BCUT2D eigenvalue weighted by atomic mass is 9.79. The van der Waals surface area contributed by atoms with Crippen LogP contribution in [0.25, 0.3) is 0 Å². The summed E-state index contributed by atoms with van der Waals surface area (Å²) < 4.78 is 16.1. The van der Waals surface area contributed by atoms with Gasteiger partial charge in [0.15, 0.2) is 0 Å². The Balaban J connectivity index is 1.59. The molecule has 2 saturated heterocycles. The van der Waals surface area contributed by atoms with Gasteiger partial charge in [0.05, 0.1) is 25.4 Å². The number of ether oxygens (including phenoxy) is 3. The van der Waals surface area contributed by atoms with Gasteiger partial charge in [-0.2, -0.15) is 0 Å². The van der Waals surface area contributed by atoms with Crippen molar-refractivity contribution in [2.24, 2.45) is 5.73 Å². The molecule has 16 heavy (non-hydrogen) atoms. The normalized spacial score (nSPS) is 37.1. The number of rotatable bonds is 7. The Morgan fingerprint density at radius 3 is 2.81 bits per heavy atom. The van der Waals surface area contributed by atoms with Crippen molar-refractivity contribution < 1.29 is 14.2 Å². The Morgan fingerprint density at radius 1 is 1.31 bits per heavy atom. The second-order valence-corrected chi connectivity index (χ2v) is 4.97. The Morgan fingerprint density at radius 2 is 2.19 bits per heavy atom. The van der Waals surface area contributed by atoms with Gasteiger partial charge in [0.25, 0.3) is 0 Å². The highest BCUT2D eigenvalue weighted by Crippen LogP contribution is 2.42. The van der Waals surface area contributed by atoms with E-state index >= 15 is 0 Å². The van der Waals surface area contributed by atoms with E-state index in [0.717, 1.165) is 32.3 Å². The summed E-state index contributed by atoms with van der Waals surface area (Å²) in [7, 11) is 1.69. The molecule has 0 aromatic carbocycles. The molecule has 0 saturated carbocycles. The molecular weight excluding hydrogens is 206 g/mol. The van der Waals surface area contributed by atoms with E-state index in [4.69, 9.17) is 19.9 Å². The molecule has 2 rings (SSSR count). The quantitative estimate of drug-likeness (QED) is 0.664. The average Bonchev–Trinajstić information content (AvgIpc) is 2.83. The SMILES string of the molecule is COCCOCCCC1(N)CC2CCC1O2. The standard InChI is InChI=1S/C12H23NO3/c1-14-7-8-15-6-2-5-12(13)9-10-3-4-11(12)16-10/h10-11H,2-9,13H2,1H3. The first-order chi connectivity index (χ1) is 7.74. The maximum absolute atomic E-state index is 6.38. The van der Waals surface area contributed by atoms with E-state index in [9.17, 15) is 0 Å². The van der Waals surface area contributed by atoms with Gasteiger partial charge in [-0.1, -0.05) is 0 Å². The van der Waals surface area contributed by atoms with Gasteiger partial charge in [-0.15, -0.1) is 0 Å². The van der Waals surface area contributed by atoms with E-state index in [-0.39, 0.29) is 5.54 Å². The summed E-state index contributed by atoms with van der Waals surface area (Å²) in [4.78, 5) is 0. The highest BCUT2D eigenvalue weighted by Gasteiger charge is 2.49. The van der Waals surface area contributed by atoms with E-state index < -0.39 is 0 Å². The van der Waals surface area contributed by atoms with Crippen LogP contribution in [-0.4, -0.2) is 44.7 Å². The maximum atomic E-state index is 6.38. The third-order valence-electron chi connectivity index (χ3n) is 3.72. The number of fused-ring (bicyclic) bond motifs is 2. The van der Waals surface area contributed by atoms with Crippen LogP contribution in [0.15, 0.2) is 0 Å². The van der Waals surface area contributed by atoms with Crippen molar-refractivity contribution in [3.8, 4) is 0 Å². The molecule has 4 nitrogen and oxygen atoms in total. The largest absolute Gasteiger partial charge is 0.382 e. The monoisotopic (exact) mass is 229 g/mol. The highest BCUT2D eigenvalue weighted by molar-refractivity contribution is 5.04. The lowest BCUT2D eigenvalue weighted by Gasteiger charge is -2.31. The third-order valence-corrected chi connectivity index (χ3v) is 3.72. The van der Waals surface area contributed by atoms with Gasteiger partial charge in [0.1, 0.15) is 0 Å². The fourth-order valence-corrected chi connectivity index (χ4v) is 2.84. The fourth-order valence-electron chi connectivity index (χ4n) is 2.84. The number of methoxy groups -OCH3 is 1. The third kappa shape index (κ3) is 2.74. The fraction of sp³-hybridized carbons (Fsp3) is 1.00. The maximum Gasteiger partial charge on any atom is 0.0760 e. The minimum Gasteiger partial charge on any atom is -0.382 e. The van der Waals surface area contributed by atoms with Crippen LogP contribution in [0.3, 0.4) is 0 Å². The molecule has 2 aliphatic rings. The van der Waals surface area contributed by atoms with Gasteiger partial charge in [-0.3, -0.25) is 0 Å². The van der Waals surface area contributed by atoms with Crippen molar-refractivity contribution in [3.63, 3.8) is 0 Å². The number of nitrogens with two attached hydrogens (primary N) is 1. The zero-order valence-electron chi connectivity index (χ0n) is 10.1. The summed E-state index contributed by atoms with van der Waals surface area (Å²) in [6.45, 7) is 2.12. The summed E-state index contributed by atoms with van der Waals surface area (Å²) >= 11 is 0. The number of hydrogen-bond acceptors (Lipinski definition) is 4. The highest BCUT2D eigenvalue weighted by atomic mass is 16.5. The smallest absolute Gasteiger partial charge is 0.0760 e. The molecule has 0 aromatic heterocycles. The van der Waals surface area contributed by atoms with Crippen LogP contribution >= 0.6 is 0 Å². The van der Waals surface area contributed by atoms with Crippen LogP contribution in [-0.2, 0) is 14.2 Å². The van der Waals surface area contributed by atoms with E-state index in [1.54, 1.807) is 7.11 Å². The van der Waals surface area contributed by atoms with Crippen molar-refractivity contribution >= 4 is 0 Å². The van der Waals surface area contributed by atoms with Crippen LogP contribution in [0, 0.1) is 0 Å². The van der Waals surface area contributed by atoms with Crippen LogP contribution in [0.1, 0.15) is 32.1 Å². The molecule has 2 fully saturated rings. The first-order valence-electron chi connectivity index (χ1n) is 6.25. The van der Waals surface area contributed by atoms with E-state index in [1.807, 2.05) is 0 Å². The first kappa shape index (κ1) is 12.3. The molecule has 0 radical (unpaired) electrons. The van der Waals surface area contributed by atoms with E-state index in [2.05, 4.69) is 0 Å². The van der Waals surface area contributed by atoms with Gasteiger partial charge >= 0.3 is 0 Å². The molecule has 3 atom stereocenters. The minimum absolute atomic E-state index is 0.0759. The summed E-state index contributed by atoms with van der Waals surface area (Å²) in [6.07, 6.45) is 6.16. The first-order valence-corrected chi connectivity index (χ1v) is 6.25. The van der Waals surface area contributed by atoms with Crippen molar-refractivity contribution in [1.29, 1.82) is 0 Å². The lowest BCUT2D eigenvalue weighted by molar-refractivity contribution is 0.0594. The molecule has 94 valence electrons. The molecule has 0 aliphatic carbocycles. The van der Waals surface area contributed by atoms with Gasteiger partial charge in [0.2, 0.25) is 0 Å². The summed E-state index contributed by atoms with van der Waals surface area (Å²) in [5.74, 6) is 0. The Bertz CT molecular complexity index is 224. The molecule has 2 bridgehead atoms. The summed E-state index contributed by atoms with van der Waals surface area (Å²) in [6, 6.07) is 0. The van der Waals surface area contributed by atoms with Crippen LogP contribution in [0.2, 0.25) is 0 Å². The van der Waals surface area contributed by atoms with Crippen LogP contribution in [0.4, 0.5) is 0 Å². The average molecular weight is 229 g/mol. The van der Waals surface area contributed by atoms with Gasteiger partial charge in [-0.25, -0.2) is 0 Å². The molecular formula is C12H23NO3. The molecule has 0 aromatic rings. The molecule has 3 unspecified atom stereocenters. The number of hydrogen-bond donors (Lipinski definition) is 1. The van der Waals surface area contributed by atoms with Gasteiger partial charge in [-0.05, 0) is 32.1 Å². The molecule has 2 heterocycles. The second kappa shape index (κ2) is 5.45. The van der Waals surface area contributed by atoms with Crippen molar-refractivity contribution in [3.05, 3.63) is 0 Å². The molecule has 2 aliphatic heterocycles. The van der Waals surface area contributed by atoms with Crippen molar-refractivity contribution in [2.75, 3.05) is 26.9 Å². The van der Waals surface area contributed by atoms with E-state index in [1.165, 1.54) is 6.42 Å². The predicted octanol–water partition coefficient (Wildman–Crippen LogP) is 1.08. The Labute approximate surface area is 97.4 Å². The summed E-state index contributed by atoms with van der Waals surface area (Å²) in [5.41, 5.74) is 6.30. The van der Waals surface area contributed by atoms with Crippen LogP contribution < -0.4 is 5.73 Å². The Kier molecular flexibility index (Phi) is 4.19. The van der Waals surface area contributed by atoms with Crippen molar-refractivity contribution in [2.45, 2.75) is 49.9 Å². The predicted molar refractivity (Wildman–Crippen MR) is 61.4 cm³/mol. The molecule has 0 amide bonds. The minimum atomic E-state index is -0.0759. The van der Waals surface area contributed by atoms with Gasteiger partial charge in [0, 0.05) is 19.3 Å². The Hall–Kier alpha value is -0.160. The lowest BCUT2D eigenvalue weighted by Crippen LogP contribution is -2.48. The molecule has 2 N–H and O–H groups in total. The zero-order valence-corrected chi connectivity index (χ0v) is 10.1. The second-order valence-electron chi connectivity index (χ2n) is 4.97.